The fraction of sp³-hybridized carbons (Fsp3) is 0.0870. The number of nitriles is 2. The van der Waals surface area contributed by atoms with Gasteiger partial charge in [-0.05, 0) is 144 Å². The molecule has 0 spiro atoms. The Kier molecular flexibility index (Phi) is 7.44. The molecule has 50 heavy (non-hydrogen) atoms. The smallest absolute Gasteiger partial charge is 0.0991 e. The highest BCUT2D eigenvalue weighted by atomic mass is 15.2. The summed E-state index contributed by atoms with van der Waals surface area (Å²) < 4.78 is 0. The molecule has 0 saturated carbocycles. The maximum Gasteiger partial charge on any atom is 0.0991 e. The number of hydrogen-bond acceptors (Lipinski definition) is 4. The number of benzene rings is 8. The van der Waals surface area contributed by atoms with Gasteiger partial charge < -0.3 is 9.80 Å². The standard InChI is InChI=1S/C46H34N4/c1-29-9-5-7-11-41(29)49(35-17-13-33(27-47)14-18-35)43-25-31(3)37-22-24-40-44(26-32(4)38-21-23-39(43)45(37)46(38)40)50(42-12-8-6-10-30(42)2)36-19-15-34(28-48)16-20-36/h5-26H,1-4H3. The van der Waals surface area contributed by atoms with Gasteiger partial charge in [-0.25, -0.2) is 0 Å². The molecule has 4 heteroatoms. The van der Waals surface area contributed by atoms with Gasteiger partial charge in [0.15, 0.2) is 0 Å². The Morgan fingerprint density at radius 2 is 0.740 bits per heavy atom. The Bertz CT molecular complexity index is 2470. The van der Waals surface area contributed by atoms with Crippen molar-refractivity contribution >= 4 is 66.4 Å². The van der Waals surface area contributed by atoms with Crippen LogP contribution in [0.1, 0.15) is 33.4 Å². The van der Waals surface area contributed by atoms with Crippen LogP contribution in [0.15, 0.2) is 133 Å². The molecule has 8 aromatic rings. The first kappa shape index (κ1) is 30.7. The molecule has 0 saturated heterocycles. The number of rotatable bonds is 6. The molecule has 0 aromatic heterocycles. The largest absolute Gasteiger partial charge is 0.310 e. The lowest BCUT2D eigenvalue weighted by Crippen LogP contribution is -2.13. The summed E-state index contributed by atoms with van der Waals surface area (Å²) in [6, 6.07) is 50.9. The van der Waals surface area contributed by atoms with Crippen molar-refractivity contribution in [1.82, 2.24) is 0 Å². The van der Waals surface area contributed by atoms with E-state index in [-0.39, 0.29) is 0 Å². The van der Waals surface area contributed by atoms with E-state index in [1.165, 1.54) is 32.7 Å². The van der Waals surface area contributed by atoms with E-state index in [0.717, 1.165) is 56.0 Å². The molecule has 0 radical (unpaired) electrons. The lowest BCUT2D eigenvalue weighted by Gasteiger charge is -2.31. The number of nitrogens with zero attached hydrogens (tertiary/aromatic N) is 4. The van der Waals surface area contributed by atoms with Crippen molar-refractivity contribution < 1.29 is 0 Å². The van der Waals surface area contributed by atoms with Gasteiger partial charge in [-0.15, -0.1) is 0 Å². The number of para-hydroxylation sites is 2. The maximum atomic E-state index is 9.57. The van der Waals surface area contributed by atoms with Crippen molar-refractivity contribution in [2.24, 2.45) is 0 Å². The minimum absolute atomic E-state index is 0.633. The lowest BCUT2D eigenvalue weighted by atomic mass is 9.88. The summed E-state index contributed by atoms with van der Waals surface area (Å²) in [4.78, 5) is 4.67. The van der Waals surface area contributed by atoms with Crippen molar-refractivity contribution in [2.75, 3.05) is 9.80 Å². The number of anilines is 6. The van der Waals surface area contributed by atoms with Crippen molar-refractivity contribution in [2.45, 2.75) is 27.7 Å². The molecule has 0 fully saturated rings. The van der Waals surface area contributed by atoms with Crippen LogP contribution < -0.4 is 9.80 Å². The highest BCUT2D eigenvalue weighted by molar-refractivity contribution is 6.29. The second kappa shape index (κ2) is 12.1. The third-order valence-electron chi connectivity index (χ3n) is 9.97. The summed E-state index contributed by atoms with van der Waals surface area (Å²) in [5.74, 6) is 0. The first-order valence-electron chi connectivity index (χ1n) is 16.8. The fourth-order valence-electron chi connectivity index (χ4n) is 7.49. The Morgan fingerprint density at radius 3 is 1.10 bits per heavy atom. The van der Waals surface area contributed by atoms with Crippen molar-refractivity contribution in [3.8, 4) is 12.1 Å². The molecule has 4 nitrogen and oxygen atoms in total. The molecule has 0 aliphatic carbocycles. The molecule has 8 aromatic carbocycles. The number of hydrogen-bond donors (Lipinski definition) is 0. The van der Waals surface area contributed by atoms with Crippen LogP contribution in [0, 0.1) is 50.4 Å². The van der Waals surface area contributed by atoms with Gasteiger partial charge in [0.05, 0.1) is 34.6 Å². The second-order valence-electron chi connectivity index (χ2n) is 13.1. The minimum Gasteiger partial charge on any atom is -0.310 e. The molecular formula is C46H34N4. The van der Waals surface area contributed by atoms with Gasteiger partial charge in [0.25, 0.3) is 0 Å². The summed E-state index contributed by atoms with van der Waals surface area (Å²) in [5, 5.41) is 26.4. The van der Waals surface area contributed by atoms with Crippen molar-refractivity contribution in [1.29, 1.82) is 10.5 Å². The molecule has 0 amide bonds. The van der Waals surface area contributed by atoms with Gasteiger partial charge in [0, 0.05) is 33.5 Å². The van der Waals surface area contributed by atoms with Gasteiger partial charge in [-0.1, -0.05) is 60.7 Å². The van der Waals surface area contributed by atoms with Gasteiger partial charge in [0.1, 0.15) is 0 Å². The summed E-state index contributed by atoms with van der Waals surface area (Å²) in [6.45, 7) is 8.70. The SMILES string of the molecule is Cc1ccccc1N(c1ccc(C#N)cc1)c1cc(C)c2ccc3c(N(c4ccc(C#N)cc4)c4ccccc4C)cc(C)c4ccc1c2c43. The summed E-state index contributed by atoms with van der Waals surface area (Å²) in [5.41, 5.74) is 12.3. The van der Waals surface area contributed by atoms with Gasteiger partial charge in [-0.3, -0.25) is 0 Å². The average molecular weight is 643 g/mol. The van der Waals surface area contributed by atoms with Gasteiger partial charge in [0.2, 0.25) is 0 Å². The minimum atomic E-state index is 0.633. The third-order valence-corrected chi connectivity index (χ3v) is 9.97. The first-order chi connectivity index (χ1) is 24.4. The van der Waals surface area contributed by atoms with Crippen LogP contribution in [0.5, 0.6) is 0 Å². The van der Waals surface area contributed by atoms with Crippen LogP contribution in [0.2, 0.25) is 0 Å². The molecule has 238 valence electrons. The van der Waals surface area contributed by atoms with Crippen molar-refractivity contribution in [3.05, 3.63) is 167 Å². The Hall–Kier alpha value is -6.62. The van der Waals surface area contributed by atoms with Gasteiger partial charge in [-0.2, -0.15) is 10.5 Å². The Morgan fingerprint density at radius 1 is 0.380 bits per heavy atom. The van der Waals surface area contributed by atoms with Crippen LogP contribution in [0.3, 0.4) is 0 Å². The van der Waals surface area contributed by atoms with Crippen LogP contribution >= 0.6 is 0 Å². The highest BCUT2D eigenvalue weighted by Crippen LogP contribution is 2.49. The Labute approximate surface area is 292 Å². The second-order valence-corrected chi connectivity index (χ2v) is 13.1. The van der Waals surface area contributed by atoms with Crippen LogP contribution in [0.4, 0.5) is 34.1 Å². The predicted octanol–water partition coefficient (Wildman–Crippen LogP) is 12.5. The monoisotopic (exact) mass is 642 g/mol. The average Bonchev–Trinajstić information content (AvgIpc) is 3.15. The third kappa shape index (κ3) is 4.90. The fourth-order valence-corrected chi connectivity index (χ4v) is 7.49. The molecule has 0 N–H and O–H groups in total. The summed E-state index contributed by atoms with van der Waals surface area (Å²) in [6.07, 6.45) is 0. The van der Waals surface area contributed by atoms with Crippen LogP contribution in [0.25, 0.3) is 32.3 Å². The van der Waals surface area contributed by atoms with Crippen LogP contribution in [-0.2, 0) is 0 Å². The van der Waals surface area contributed by atoms with Crippen molar-refractivity contribution in [3.63, 3.8) is 0 Å². The zero-order chi connectivity index (χ0) is 34.5. The van der Waals surface area contributed by atoms with E-state index in [4.69, 9.17) is 0 Å². The molecule has 0 bridgehead atoms. The zero-order valence-electron chi connectivity index (χ0n) is 28.5. The normalized spacial score (nSPS) is 11.2. The first-order valence-corrected chi connectivity index (χ1v) is 16.8. The van der Waals surface area contributed by atoms with E-state index in [1.54, 1.807) is 0 Å². The van der Waals surface area contributed by atoms with E-state index < -0.39 is 0 Å². The molecule has 0 unspecified atom stereocenters. The van der Waals surface area contributed by atoms with Crippen LogP contribution in [-0.4, -0.2) is 0 Å². The van der Waals surface area contributed by atoms with Gasteiger partial charge >= 0.3 is 0 Å². The lowest BCUT2D eigenvalue weighted by molar-refractivity contribution is 1.25. The summed E-state index contributed by atoms with van der Waals surface area (Å²) in [7, 11) is 0. The van der Waals surface area contributed by atoms with E-state index in [1.807, 2.05) is 48.5 Å². The quantitative estimate of drug-likeness (QED) is 0.169. The molecule has 8 rings (SSSR count). The molecule has 0 aliphatic rings. The van der Waals surface area contributed by atoms with E-state index in [9.17, 15) is 10.5 Å². The molecule has 0 aliphatic heterocycles. The topological polar surface area (TPSA) is 54.1 Å². The molecular weight excluding hydrogens is 609 g/mol. The maximum absolute atomic E-state index is 9.57. The molecule has 0 atom stereocenters. The zero-order valence-corrected chi connectivity index (χ0v) is 28.5. The summed E-state index contributed by atoms with van der Waals surface area (Å²) >= 11 is 0. The van der Waals surface area contributed by atoms with E-state index in [0.29, 0.717) is 11.1 Å². The predicted molar refractivity (Wildman–Crippen MR) is 208 cm³/mol. The van der Waals surface area contributed by atoms with E-state index >= 15 is 0 Å². The highest BCUT2D eigenvalue weighted by Gasteiger charge is 2.24. The Balaban J connectivity index is 1.46. The van der Waals surface area contributed by atoms with E-state index in [2.05, 4.69) is 135 Å². The molecule has 0 heterocycles. The number of aryl methyl sites for hydroxylation is 4.